The molecule has 0 saturated carbocycles. The largest absolute Gasteiger partial charge is 0.368 e. The van der Waals surface area contributed by atoms with Gasteiger partial charge in [0.25, 0.3) is 0 Å². The van der Waals surface area contributed by atoms with E-state index in [1.807, 2.05) is 55.1 Å². The summed E-state index contributed by atoms with van der Waals surface area (Å²) in [6.07, 6.45) is 2.91. The smallest absolute Gasteiger partial charge is 0.108 e. The van der Waals surface area contributed by atoms with Gasteiger partial charge in [-0.2, -0.15) is 17.0 Å². The number of thioether (sulfide) groups is 1. The third-order valence-electron chi connectivity index (χ3n) is 4.38. The van der Waals surface area contributed by atoms with Gasteiger partial charge in [-0.25, -0.2) is 0 Å². The van der Waals surface area contributed by atoms with Crippen LogP contribution in [0.25, 0.3) is 0 Å². The van der Waals surface area contributed by atoms with E-state index in [2.05, 4.69) is 55.7 Å². The van der Waals surface area contributed by atoms with Gasteiger partial charge in [0.2, 0.25) is 0 Å². The number of rotatable bonds is 9. The molecule has 2 aromatic rings. The first-order chi connectivity index (χ1) is 14.2. The number of hydrogen-bond acceptors (Lipinski definition) is 4. The van der Waals surface area contributed by atoms with Crippen LogP contribution in [0.3, 0.4) is 0 Å². The summed E-state index contributed by atoms with van der Waals surface area (Å²) in [7, 11) is 0. The molecule has 0 radical (unpaired) electrons. The Balaban J connectivity index is 0.000000664. The fourth-order valence-corrected chi connectivity index (χ4v) is 3.56. The first-order valence-corrected chi connectivity index (χ1v) is 12.0. The van der Waals surface area contributed by atoms with Gasteiger partial charge in [0.15, 0.2) is 0 Å². The maximum Gasteiger partial charge on any atom is 0.108 e. The Morgan fingerprint density at radius 2 is 1.55 bits per heavy atom. The van der Waals surface area contributed by atoms with Crippen LogP contribution in [0.1, 0.15) is 38.3 Å². The summed E-state index contributed by atoms with van der Waals surface area (Å²) in [5, 5.41) is 9.85. The summed E-state index contributed by atoms with van der Waals surface area (Å²) in [6, 6.07) is 22.8. The van der Waals surface area contributed by atoms with E-state index in [0.29, 0.717) is 6.54 Å². The van der Waals surface area contributed by atoms with Crippen LogP contribution < -0.4 is 5.73 Å². The SMILES string of the molecule is CC.CCN(C=S)CCN.CSCCC(C#N)(c1ccccc1)c1ccccc1. The molecule has 0 bridgehead atoms. The number of nitriles is 1. The lowest BCUT2D eigenvalue weighted by Crippen LogP contribution is -2.26. The Morgan fingerprint density at radius 3 is 1.83 bits per heavy atom. The average molecular weight is 430 g/mol. The first-order valence-electron chi connectivity index (χ1n) is 10.1. The van der Waals surface area contributed by atoms with Crippen molar-refractivity contribution < 1.29 is 0 Å². The molecule has 29 heavy (non-hydrogen) atoms. The second-order valence-corrected chi connectivity index (χ2v) is 7.21. The first kappa shape index (κ1) is 27.1. The minimum Gasteiger partial charge on any atom is -0.368 e. The number of nitrogens with two attached hydrogens (primary N) is 1. The van der Waals surface area contributed by atoms with Gasteiger partial charge in [0.1, 0.15) is 5.41 Å². The van der Waals surface area contributed by atoms with E-state index in [4.69, 9.17) is 5.73 Å². The monoisotopic (exact) mass is 429 g/mol. The molecule has 0 heterocycles. The summed E-state index contributed by atoms with van der Waals surface area (Å²) in [5.41, 5.74) is 8.54. The van der Waals surface area contributed by atoms with Gasteiger partial charge >= 0.3 is 0 Å². The molecule has 0 aliphatic carbocycles. The lowest BCUT2D eigenvalue weighted by Gasteiger charge is -2.27. The van der Waals surface area contributed by atoms with E-state index in [-0.39, 0.29) is 0 Å². The van der Waals surface area contributed by atoms with Gasteiger partial charge in [-0.1, -0.05) is 86.7 Å². The summed E-state index contributed by atoms with van der Waals surface area (Å²) in [4.78, 5) is 2.00. The van der Waals surface area contributed by atoms with Crippen molar-refractivity contribution in [2.75, 3.05) is 31.6 Å². The summed E-state index contributed by atoms with van der Waals surface area (Å²) in [5.74, 6) is 0.970. The molecule has 0 aliphatic rings. The zero-order chi connectivity index (χ0) is 22.0. The fraction of sp³-hybridized carbons (Fsp3) is 0.417. The van der Waals surface area contributed by atoms with Crippen molar-refractivity contribution in [1.29, 1.82) is 5.26 Å². The molecule has 0 spiro atoms. The number of likely N-dealkylation sites (N-methyl/N-ethyl adjacent to an activating group) is 1. The zero-order valence-corrected chi connectivity index (χ0v) is 19.8. The molecule has 2 aromatic carbocycles. The lowest BCUT2D eigenvalue weighted by molar-refractivity contribution is 0.471. The molecule has 0 aliphatic heterocycles. The minimum absolute atomic E-state index is 0.536. The molecule has 0 saturated heterocycles. The molecule has 0 unspecified atom stereocenters. The number of thiocarbonyl (C=S) groups is 1. The standard InChI is InChI=1S/C17H17NS.C5H12N2S.C2H6/c1-19-13-12-17(14-18,15-8-4-2-5-9-15)16-10-6-3-7-11-16;1-2-7(5-8)4-3-6;1-2/h2-11H,12-13H2,1H3;5H,2-4,6H2,1H3;1-2H3. The highest BCUT2D eigenvalue weighted by Gasteiger charge is 2.33. The van der Waals surface area contributed by atoms with Crippen molar-refractivity contribution >= 4 is 29.5 Å². The van der Waals surface area contributed by atoms with Crippen molar-refractivity contribution in [2.45, 2.75) is 32.6 Å². The van der Waals surface area contributed by atoms with Crippen LogP contribution in [-0.2, 0) is 5.41 Å². The maximum atomic E-state index is 9.85. The van der Waals surface area contributed by atoms with Crippen LogP contribution >= 0.6 is 24.0 Å². The molecule has 0 atom stereocenters. The van der Waals surface area contributed by atoms with Crippen LogP contribution in [0.15, 0.2) is 60.7 Å². The topological polar surface area (TPSA) is 53.0 Å². The van der Waals surface area contributed by atoms with E-state index < -0.39 is 5.41 Å². The minimum atomic E-state index is -0.536. The molecule has 0 fully saturated rings. The van der Waals surface area contributed by atoms with Crippen LogP contribution in [0.4, 0.5) is 0 Å². The van der Waals surface area contributed by atoms with Crippen molar-refractivity contribution in [1.82, 2.24) is 4.90 Å². The molecule has 3 nitrogen and oxygen atoms in total. The summed E-state index contributed by atoms with van der Waals surface area (Å²) < 4.78 is 0. The predicted molar refractivity (Wildman–Crippen MR) is 134 cm³/mol. The van der Waals surface area contributed by atoms with Gasteiger partial charge in [-0.3, -0.25) is 0 Å². The fourth-order valence-electron chi connectivity index (χ4n) is 2.79. The van der Waals surface area contributed by atoms with Gasteiger partial charge in [-0.15, -0.1) is 0 Å². The van der Waals surface area contributed by atoms with Gasteiger partial charge < -0.3 is 10.6 Å². The van der Waals surface area contributed by atoms with Gasteiger partial charge in [0.05, 0.1) is 11.6 Å². The zero-order valence-electron chi connectivity index (χ0n) is 18.2. The van der Waals surface area contributed by atoms with E-state index in [9.17, 15) is 5.26 Å². The van der Waals surface area contributed by atoms with Crippen LogP contribution in [-0.4, -0.2) is 42.0 Å². The number of nitrogens with zero attached hydrogens (tertiary/aromatic N) is 2. The predicted octanol–water partition coefficient (Wildman–Crippen LogP) is 5.50. The summed E-state index contributed by atoms with van der Waals surface area (Å²) >= 11 is 6.47. The Bertz CT molecular complexity index is 645. The van der Waals surface area contributed by atoms with Crippen molar-refractivity contribution in [3.8, 4) is 6.07 Å². The normalized spacial score (nSPS) is 9.79. The quantitative estimate of drug-likeness (QED) is 0.533. The van der Waals surface area contributed by atoms with Gasteiger partial charge in [0, 0.05) is 19.6 Å². The third-order valence-corrected chi connectivity index (χ3v) is 5.29. The number of hydrogen-bond donors (Lipinski definition) is 1. The molecule has 2 rings (SSSR count). The lowest BCUT2D eigenvalue weighted by atomic mass is 9.74. The number of benzene rings is 2. The second-order valence-electron chi connectivity index (χ2n) is 6.01. The highest BCUT2D eigenvalue weighted by atomic mass is 32.2. The highest BCUT2D eigenvalue weighted by molar-refractivity contribution is 7.98. The van der Waals surface area contributed by atoms with E-state index in [1.54, 1.807) is 17.3 Å². The van der Waals surface area contributed by atoms with Crippen LogP contribution in [0.2, 0.25) is 0 Å². The Kier molecular flexibility index (Phi) is 15.9. The summed E-state index contributed by atoms with van der Waals surface area (Å²) in [6.45, 7) is 8.57. The van der Waals surface area contributed by atoms with Crippen LogP contribution in [0.5, 0.6) is 0 Å². The van der Waals surface area contributed by atoms with Crippen molar-refractivity contribution in [2.24, 2.45) is 5.73 Å². The van der Waals surface area contributed by atoms with E-state index in [1.165, 1.54) is 0 Å². The van der Waals surface area contributed by atoms with Crippen molar-refractivity contribution in [3.05, 3.63) is 71.8 Å². The highest BCUT2D eigenvalue weighted by Crippen LogP contribution is 2.35. The Labute approximate surface area is 187 Å². The molecule has 5 heteroatoms. The third kappa shape index (κ3) is 8.99. The second kappa shape index (κ2) is 17.0. The van der Waals surface area contributed by atoms with Gasteiger partial charge in [-0.05, 0) is 36.5 Å². The molecular weight excluding hydrogens is 394 g/mol. The molecule has 2 N–H and O–H groups in total. The molecule has 0 amide bonds. The maximum absolute atomic E-state index is 9.85. The van der Waals surface area contributed by atoms with Crippen LogP contribution in [0, 0.1) is 11.3 Å². The van der Waals surface area contributed by atoms with E-state index in [0.717, 1.165) is 36.4 Å². The van der Waals surface area contributed by atoms with E-state index >= 15 is 0 Å². The average Bonchev–Trinajstić information content (AvgIpc) is 2.81. The Morgan fingerprint density at radius 1 is 1.07 bits per heavy atom. The molecule has 158 valence electrons. The van der Waals surface area contributed by atoms with Crippen molar-refractivity contribution in [3.63, 3.8) is 0 Å². The molecule has 0 aromatic heterocycles. The Hall–Kier alpha value is -1.87. The molecular formula is C24H35N3S2.